The number of aromatic nitrogens is 2. The average molecular weight is 435 g/mol. The van der Waals surface area contributed by atoms with Crippen LogP contribution in [-0.4, -0.2) is 21.8 Å². The van der Waals surface area contributed by atoms with Gasteiger partial charge in [-0.3, -0.25) is 14.4 Å². The van der Waals surface area contributed by atoms with E-state index in [2.05, 4.69) is 20.6 Å². The SMILES string of the molecule is Cc1ccc(CSc2nc3c(c(=O)[nH]2)C(C(=O)Nc2ccccc2C)CC(=O)N3)cc1. The number of nitrogens with one attached hydrogen (secondary N) is 3. The highest BCUT2D eigenvalue weighted by atomic mass is 32.2. The number of anilines is 2. The Labute approximate surface area is 183 Å². The van der Waals surface area contributed by atoms with Crippen LogP contribution in [0, 0.1) is 13.8 Å². The van der Waals surface area contributed by atoms with Crippen LogP contribution in [0.2, 0.25) is 0 Å². The zero-order valence-electron chi connectivity index (χ0n) is 17.2. The number of H-pyrrole nitrogens is 1. The molecule has 0 saturated heterocycles. The minimum absolute atomic E-state index is 0.106. The second-order valence-corrected chi connectivity index (χ2v) is 8.48. The molecule has 8 heteroatoms. The number of aryl methyl sites for hydroxylation is 2. The summed E-state index contributed by atoms with van der Waals surface area (Å²) < 4.78 is 0. The number of rotatable bonds is 5. The molecular weight excluding hydrogens is 412 g/mol. The van der Waals surface area contributed by atoms with E-state index in [9.17, 15) is 14.4 Å². The molecule has 0 saturated carbocycles. The minimum Gasteiger partial charge on any atom is -0.325 e. The van der Waals surface area contributed by atoms with E-state index in [1.54, 1.807) is 6.07 Å². The normalized spacial score (nSPS) is 15.2. The van der Waals surface area contributed by atoms with Gasteiger partial charge in [-0.2, -0.15) is 0 Å². The Balaban J connectivity index is 1.58. The van der Waals surface area contributed by atoms with Crippen LogP contribution in [0.1, 0.15) is 34.6 Å². The van der Waals surface area contributed by atoms with Gasteiger partial charge in [0, 0.05) is 17.9 Å². The Morgan fingerprint density at radius 1 is 1.13 bits per heavy atom. The molecule has 0 aliphatic carbocycles. The van der Waals surface area contributed by atoms with E-state index >= 15 is 0 Å². The third-order valence-corrected chi connectivity index (χ3v) is 6.09. The monoisotopic (exact) mass is 434 g/mol. The number of hydrogen-bond donors (Lipinski definition) is 3. The molecule has 158 valence electrons. The molecule has 1 atom stereocenters. The largest absolute Gasteiger partial charge is 0.325 e. The van der Waals surface area contributed by atoms with Crippen LogP contribution in [-0.2, 0) is 15.3 Å². The first-order chi connectivity index (χ1) is 14.9. The number of thioether (sulfide) groups is 1. The number of amides is 2. The maximum atomic E-state index is 12.9. The van der Waals surface area contributed by atoms with Crippen LogP contribution >= 0.6 is 11.8 Å². The summed E-state index contributed by atoms with van der Waals surface area (Å²) in [5, 5.41) is 5.87. The smallest absolute Gasteiger partial charge is 0.257 e. The number of para-hydroxylation sites is 1. The van der Waals surface area contributed by atoms with Crippen LogP contribution in [0.3, 0.4) is 0 Å². The summed E-state index contributed by atoms with van der Waals surface area (Å²) in [5.41, 5.74) is 3.58. The van der Waals surface area contributed by atoms with Gasteiger partial charge in [0.05, 0.1) is 11.5 Å². The van der Waals surface area contributed by atoms with E-state index in [1.807, 2.05) is 56.3 Å². The van der Waals surface area contributed by atoms with Gasteiger partial charge in [0.25, 0.3) is 5.56 Å². The zero-order valence-corrected chi connectivity index (χ0v) is 18.0. The van der Waals surface area contributed by atoms with Gasteiger partial charge in [-0.15, -0.1) is 0 Å². The van der Waals surface area contributed by atoms with Crippen LogP contribution in [0.15, 0.2) is 58.5 Å². The maximum absolute atomic E-state index is 12.9. The van der Waals surface area contributed by atoms with Crippen molar-refractivity contribution in [2.45, 2.75) is 37.1 Å². The molecular formula is C23H22N4O3S. The van der Waals surface area contributed by atoms with E-state index in [1.165, 1.54) is 17.3 Å². The molecule has 1 aromatic heterocycles. The molecule has 2 aromatic carbocycles. The molecule has 0 spiro atoms. The summed E-state index contributed by atoms with van der Waals surface area (Å²) in [7, 11) is 0. The summed E-state index contributed by atoms with van der Waals surface area (Å²) in [5.74, 6) is -0.887. The number of nitrogens with zero attached hydrogens (tertiary/aromatic N) is 1. The zero-order chi connectivity index (χ0) is 22.0. The Hall–Kier alpha value is -3.39. The predicted octanol–water partition coefficient (Wildman–Crippen LogP) is 3.74. The molecule has 7 nitrogen and oxygen atoms in total. The number of fused-ring (bicyclic) bond motifs is 1. The van der Waals surface area contributed by atoms with Gasteiger partial charge in [0.2, 0.25) is 11.8 Å². The van der Waals surface area contributed by atoms with E-state index in [0.717, 1.165) is 11.1 Å². The Bertz CT molecular complexity index is 1200. The minimum atomic E-state index is -0.907. The van der Waals surface area contributed by atoms with Gasteiger partial charge in [-0.25, -0.2) is 4.98 Å². The summed E-state index contributed by atoms with van der Waals surface area (Å²) in [6.07, 6.45) is -0.106. The van der Waals surface area contributed by atoms with Crippen molar-refractivity contribution in [3.63, 3.8) is 0 Å². The van der Waals surface area contributed by atoms with Gasteiger partial charge in [0.15, 0.2) is 5.16 Å². The van der Waals surface area contributed by atoms with Crippen molar-refractivity contribution in [2.24, 2.45) is 0 Å². The number of hydrogen-bond acceptors (Lipinski definition) is 5. The summed E-state index contributed by atoms with van der Waals surface area (Å²) in [4.78, 5) is 45.2. The van der Waals surface area contributed by atoms with E-state index in [4.69, 9.17) is 0 Å². The van der Waals surface area contributed by atoms with Crippen molar-refractivity contribution in [3.05, 3.63) is 81.1 Å². The van der Waals surface area contributed by atoms with Crippen molar-refractivity contribution < 1.29 is 9.59 Å². The number of benzene rings is 2. The van der Waals surface area contributed by atoms with Crippen LogP contribution in [0.4, 0.5) is 11.5 Å². The van der Waals surface area contributed by atoms with Gasteiger partial charge in [-0.05, 0) is 31.0 Å². The van der Waals surface area contributed by atoms with Gasteiger partial charge >= 0.3 is 0 Å². The molecule has 4 rings (SSSR count). The van der Waals surface area contributed by atoms with Crippen molar-refractivity contribution >= 4 is 35.1 Å². The maximum Gasteiger partial charge on any atom is 0.257 e. The third kappa shape index (κ3) is 4.69. The first-order valence-electron chi connectivity index (χ1n) is 9.89. The Morgan fingerprint density at radius 3 is 2.61 bits per heavy atom. The standard InChI is InChI=1S/C23H22N4O3S/c1-13-7-9-15(10-8-13)12-31-23-26-20-19(22(30)27-23)16(11-18(28)25-20)21(29)24-17-6-4-3-5-14(17)2/h3-10,16H,11-12H2,1-2H3,(H,24,29)(H2,25,26,27,28,30). The lowest BCUT2D eigenvalue weighted by atomic mass is 9.92. The number of carbonyl (C=O) groups excluding carboxylic acids is 2. The van der Waals surface area contributed by atoms with Gasteiger partial charge in [-0.1, -0.05) is 59.8 Å². The highest BCUT2D eigenvalue weighted by Gasteiger charge is 2.34. The van der Waals surface area contributed by atoms with E-state index < -0.39 is 17.4 Å². The molecule has 0 bridgehead atoms. The highest BCUT2D eigenvalue weighted by molar-refractivity contribution is 7.98. The molecule has 2 heterocycles. The average Bonchev–Trinajstić information content (AvgIpc) is 2.74. The Kier molecular flexibility index (Phi) is 5.90. The quantitative estimate of drug-likeness (QED) is 0.419. The molecule has 0 radical (unpaired) electrons. The van der Waals surface area contributed by atoms with Crippen LogP contribution < -0.4 is 16.2 Å². The summed E-state index contributed by atoms with van der Waals surface area (Å²) in [6, 6.07) is 15.4. The summed E-state index contributed by atoms with van der Waals surface area (Å²) in [6.45, 7) is 3.90. The fourth-order valence-corrected chi connectivity index (χ4v) is 4.23. The van der Waals surface area contributed by atoms with Crippen LogP contribution in [0.25, 0.3) is 0 Å². The summed E-state index contributed by atoms with van der Waals surface area (Å²) >= 11 is 1.36. The molecule has 1 unspecified atom stereocenters. The molecule has 3 N–H and O–H groups in total. The fraction of sp³-hybridized carbons (Fsp3) is 0.217. The molecule has 1 aliphatic rings. The lowest BCUT2D eigenvalue weighted by molar-refractivity contribution is -0.123. The number of carbonyl (C=O) groups is 2. The predicted molar refractivity (Wildman–Crippen MR) is 121 cm³/mol. The van der Waals surface area contributed by atoms with Crippen molar-refractivity contribution in [1.82, 2.24) is 9.97 Å². The second-order valence-electron chi connectivity index (χ2n) is 7.52. The molecule has 3 aromatic rings. The molecule has 1 aliphatic heterocycles. The first kappa shape index (κ1) is 20.9. The first-order valence-corrected chi connectivity index (χ1v) is 10.9. The second kappa shape index (κ2) is 8.77. The fourth-order valence-electron chi connectivity index (χ4n) is 3.41. The molecule has 0 fully saturated rings. The Morgan fingerprint density at radius 2 is 1.87 bits per heavy atom. The topological polar surface area (TPSA) is 104 Å². The number of aromatic amines is 1. The van der Waals surface area contributed by atoms with Crippen molar-refractivity contribution in [2.75, 3.05) is 10.6 Å². The van der Waals surface area contributed by atoms with Crippen molar-refractivity contribution in [3.8, 4) is 0 Å². The lowest BCUT2D eigenvalue weighted by Crippen LogP contribution is -2.36. The van der Waals surface area contributed by atoms with E-state index in [-0.39, 0.29) is 23.7 Å². The highest BCUT2D eigenvalue weighted by Crippen LogP contribution is 2.31. The van der Waals surface area contributed by atoms with Gasteiger partial charge < -0.3 is 15.6 Å². The van der Waals surface area contributed by atoms with E-state index in [0.29, 0.717) is 16.6 Å². The van der Waals surface area contributed by atoms with Crippen LogP contribution in [0.5, 0.6) is 0 Å². The third-order valence-electron chi connectivity index (χ3n) is 5.14. The molecule has 2 amide bonds. The van der Waals surface area contributed by atoms with Crippen molar-refractivity contribution in [1.29, 1.82) is 0 Å². The molecule has 31 heavy (non-hydrogen) atoms. The van der Waals surface area contributed by atoms with Gasteiger partial charge in [0.1, 0.15) is 5.82 Å². The lowest BCUT2D eigenvalue weighted by Gasteiger charge is -2.23.